The fourth-order valence-corrected chi connectivity index (χ4v) is 3.95. The zero-order valence-corrected chi connectivity index (χ0v) is 17.4. The summed E-state index contributed by atoms with van der Waals surface area (Å²) in [4.78, 5) is 11.6. The van der Waals surface area contributed by atoms with Crippen molar-refractivity contribution in [2.24, 2.45) is 7.05 Å². The summed E-state index contributed by atoms with van der Waals surface area (Å²) in [5, 5.41) is 4.19. The highest BCUT2D eigenvalue weighted by atomic mass is 32.2. The second-order valence-electron chi connectivity index (χ2n) is 6.75. The summed E-state index contributed by atoms with van der Waals surface area (Å²) in [6, 6.07) is 25.3. The molecular weight excluding hydrogens is 414 g/mol. The number of hydrogen-bond acceptors (Lipinski definition) is 5. The number of aromatic nitrogens is 2. The summed E-state index contributed by atoms with van der Waals surface area (Å²) < 4.78 is 34.9. The van der Waals surface area contributed by atoms with E-state index in [9.17, 15) is 13.2 Å². The third-order valence-corrected chi connectivity index (χ3v) is 5.90. The average molecular weight is 433 g/mol. The highest BCUT2D eigenvalue weighted by Gasteiger charge is 2.14. The molecule has 0 fully saturated rings. The standard InChI is InChI=1S/C23H19N3O4S/c1-26-23(27)16-15-22(24-26)17-7-9-18(10-8-17)25-31(28,29)21-13-11-20(12-14-21)30-19-5-3-2-4-6-19/h2-16,25H,1H3. The molecule has 0 atom stereocenters. The molecule has 1 heterocycles. The van der Waals surface area contributed by atoms with Crippen LogP contribution in [0.4, 0.5) is 5.69 Å². The maximum atomic E-state index is 12.7. The van der Waals surface area contributed by atoms with Gasteiger partial charge in [-0.05, 0) is 54.6 Å². The van der Waals surface area contributed by atoms with Gasteiger partial charge in [-0.3, -0.25) is 9.52 Å². The lowest BCUT2D eigenvalue weighted by atomic mass is 10.1. The van der Waals surface area contributed by atoms with Crippen LogP contribution in [0.3, 0.4) is 0 Å². The van der Waals surface area contributed by atoms with Crippen molar-refractivity contribution in [3.05, 3.63) is 101 Å². The van der Waals surface area contributed by atoms with Gasteiger partial charge in [0.2, 0.25) is 0 Å². The Morgan fingerprint density at radius 1 is 0.806 bits per heavy atom. The van der Waals surface area contributed by atoms with Crippen molar-refractivity contribution in [2.45, 2.75) is 4.90 Å². The quantitative estimate of drug-likeness (QED) is 0.496. The Morgan fingerprint density at radius 2 is 1.45 bits per heavy atom. The number of benzene rings is 3. The zero-order chi connectivity index (χ0) is 21.8. The second-order valence-corrected chi connectivity index (χ2v) is 8.43. The first kappa shape index (κ1) is 20.4. The van der Waals surface area contributed by atoms with Gasteiger partial charge in [-0.15, -0.1) is 0 Å². The van der Waals surface area contributed by atoms with Crippen LogP contribution in [0.1, 0.15) is 0 Å². The van der Waals surface area contributed by atoms with E-state index >= 15 is 0 Å². The summed E-state index contributed by atoms with van der Waals surface area (Å²) in [6.07, 6.45) is 0. The van der Waals surface area contributed by atoms with Crippen molar-refractivity contribution >= 4 is 15.7 Å². The predicted molar refractivity (Wildman–Crippen MR) is 119 cm³/mol. The van der Waals surface area contributed by atoms with Crippen molar-refractivity contribution in [1.82, 2.24) is 9.78 Å². The van der Waals surface area contributed by atoms with Gasteiger partial charge in [0.25, 0.3) is 15.6 Å². The van der Waals surface area contributed by atoms with Gasteiger partial charge in [0.05, 0.1) is 10.6 Å². The number of sulfonamides is 1. The third-order valence-electron chi connectivity index (χ3n) is 4.51. The van der Waals surface area contributed by atoms with Gasteiger partial charge in [-0.2, -0.15) is 5.10 Å². The van der Waals surface area contributed by atoms with Crippen LogP contribution < -0.4 is 15.0 Å². The average Bonchev–Trinajstić information content (AvgIpc) is 2.77. The number of nitrogens with one attached hydrogen (secondary N) is 1. The number of para-hydroxylation sites is 1. The fourth-order valence-electron chi connectivity index (χ4n) is 2.89. The molecule has 3 aromatic carbocycles. The molecular formula is C23H19N3O4S. The molecule has 8 heteroatoms. The van der Waals surface area contributed by atoms with Crippen LogP contribution >= 0.6 is 0 Å². The number of ether oxygens (including phenoxy) is 1. The van der Waals surface area contributed by atoms with Gasteiger partial charge in [0.1, 0.15) is 11.5 Å². The van der Waals surface area contributed by atoms with E-state index in [0.29, 0.717) is 22.9 Å². The molecule has 0 radical (unpaired) electrons. The van der Waals surface area contributed by atoms with Crippen LogP contribution in [0.5, 0.6) is 11.5 Å². The smallest absolute Gasteiger partial charge is 0.266 e. The van der Waals surface area contributed by atoms with E-state index in [-0.39, 0.29) is 10.5 Å². The Balaban J connectivity index is 1.48. The van der Waals surface area contributed by atoms with E-state index in [1.807, 2.05) is 30.3 Å². The van der Waals surface area contributed by atoms with Crippen molar-refractivity contribution in [1.29, 1.82) is 0 Å². The molecule has 0 aliphatic heterocycles. The topological polar surface area (TPSA) is 90.3 Å². The Morgan fingerprint density at radius 3 is 2.10 bits per heavy atom. The molecule has 0 saturated heterocycles. The van der Waals surface area contributed by atoms with E-state index in [0.717, 1.165) is 5.56 Å². The third kappa shape index (κ3) is 4.81. The van der Waals surface area contributed by atoms with Gasteiger partial charge in [-0.1, -0.05) is 30.3 Å². The van der Waals surface area contributed by atoms with Gasteiger partial charge in [0, 0.05) is 24.4 Å². The molecule has 0 aliphatic rings. The fraction of sp³-hybridized carbons (Fsp3) is 0.0435. The van der Waals surface area contributed by atoms with Crippen LogP contribution in [0, 0.1) is 0 Å². The second kappa shape index (κ2) is 8.45. The number of nitrogens with zero attached hydrogens (tertiary/aromatic N) is 2. The number of aryl methyl sites for hydroxylation is 1. The minimum absolute atomic E-state index is 0.122. The molecule has 4 rings (SSSR count). The summed E-state index contributed by atoms with van der Waals surface area (Å²) >= 11 is 0. The van der Waals surface area contributed by atoms with Crippen molar-refractivity contribution in [3.63, 3.8) is 0 Å². The maximum Gasteiger partial charge on any atom is 0.266 e. The summed E-state index contributed by atoms with van der Waals surface area (Å²) in [6.45, 7) is 0. The molecule has 0 saturated carbocycles. The Labute approximate surface area is 179 Å². The normalized spacial score (nSPS) is 11.1. The lowest BCUT2D eigenvalue weighted by molar-refractivity contribution is 0.482. The summed E-state index contributed by atoms with van der Waals surface area (Å²) in [5.41, 5.74) is 1.60. The van der Waals surface area contributed by atoms with E-state index in [4.69, 9.17) is 4.74 Å². The van der Waals surface area contributed by atoms with Gasteiger partial charge < -0.3 is 4.74 Å². The molecule has 4 aromatic rings. The Bertz CT molecular complexity index is 1350. The predicted octanol–water partition coefficient (Wildman–Crippen LogP) is 4.04. The molecule has 0 unspecified atom stereocenters. The first-order valence-corrected chi connectivity index (χ1v) is 10.9. The molecule has 0 amide bonds. The maximum absolute atomic E-state index is 12.7. The van der Waals surface area contributed by atoms with E-state index in [2.05, 4.69) is 9.82 Å². The lowest BCUT2D eigenvalue weighted by Crippen LogP contribution is -2.18. The lowest BCUT2D eigenvalue weighted by Gasteiger charge is -2.10. The number of rotatable bonds is 6. The minimum atomic E-state index is -3.76. The van der Waals surface area contributed by atoms with E-state index < -0.39 is 10.0 Å². The van der Waals surface area contributed by atoms with Crippen molar-refractivity contribution in [2.75, 3.05) is 4.72 Å². The number of hydrogen-bond donors (Lipinski definition) is 1. The van der Waals surface area contributed by atoms with Crippen molar-refractivity contribution < 1.29 is 13.2 Å². The van der Waals surface area contributed by atoms with Crippen LogP contribution in [-0.4, -0.2) is 18.2 Å². The molecule has 1 aromatic heterocycles. The Hall–Kier alpha value is -3.91. The molecule has 156 valence electrons. The van der Waals surface area contributed by atoms with E-state index in [1.165, 1.54) is 22.9 Å². The van der Waals surface area contributed by atoms with E-state index in [1.54, 1.807) is 49.5 Å². The SMILES string of the molecule is Cn1nc(-c2ccc(NS(=O)(=O)c3ccc(Oc4ccccc4)cc3)cc2)ccc1=O. The summed E-state index contributed by atoms with van der Waals surface area (Å²) in [5.74, 6) is 1.21. The van der Waals surface area contributed by atoms with Gasteiger partial charge in [-0.25, -0.2) is 13.1 Å². The largest absolute Gasteiger partial charge is 0.457 e. The molecule has 31 heavy (non-hydrogen) atoms. The van der Waals surface area contributed by atoms with Crippen LogP contribution in [0.25, 0.3) is 11.3 Å². The highest BCUT2D eigenvalue weighted by Crippen LogP contribution is 2.24. The molecule has 0 spiro atoms. The van der Waals surface area contributed by atoms with Crippen LogP contribution in [-0.2, 0) is 17.1 Å². The molecule has 0 bridgehead atoms. The van der Waals surface area contributed by atoms with Gasteiger partial charge >= 0.3 is 0 Å². The summed E-state index contributed by atoms with van der Waals surface area (Å²) in [7, 11) is -2.19. The molecule has 0 aliphatic carbocycles. The molecule has 7 nitrogen and oxygen atoms in total. The first-order valence-electron chi connectivity index (χ1n) is 9.41. The monoisotopic (exact) mass is 433 g/mol. The van der Waals surface area contributed by atoms with Crippen LogP contribution in [0.15, 0.2) is 101 Å². The Kier molecular flexibility index (Phi) is 5.55. The van der Waals surface area contributed by atoms with Crippen molar-refractivity contribution in [3.8, 4) is 22.8 Å². The van der Waals surface area contributed by atoms with Gasteiger partial charge in [0.15, 0.2) is 0 Å². The zero-order valence-electron chi connectivity index (χ0n) is 16.6. The highest BCUT2D eigenvalue weighted by molar-refractivity contribution is 7.92. The number of anilines is 1. The first-order chi connectivity index (χ1) is 14.9. The van der Waals surface area contributed by atoms with Crippen LogP contribution in [0.2, 0.25) is 0 Å². The molecule has 1 N–H and O–H groups in total. The minimum Gasteiger partial charge on any atom is -0.457 e.